The lowest BCUT2D eigenvalue weighted by atomic mass is 10.2. The van der Waals surface area contributed by atoms with Crippen LogP contribution < -0.4 is 15.8 Å². The van der Waals surface area contributed by atoms with E-state index in [1.165, 1.54) is 11.5 Å². The van der Waals surface area contributed by atoms with Gasteiger partial charge < -0.3 is 20.5 Å². The van der Waals surface area contributed by atoms with Gasteiger partial charge in [-0.2, -0.15) is 4.37 Å². The van der Waals surface area contributed by atoms with Gasteiger partial charge in [-0.05, 0) is 17.5 Å². The van der Waals surface area contributed by atoms with Crippen LogP contribution in [0.5, 0.6) is 5.75 Å². The largest absolute Gasteiger partial charge is 0.490 e. The van der Waals surface area contributed by atoms with Crippen molar-refractivity contribution in [3.8, 4) is 5.75 Å². The predicted molar refractivity (Wildman–Crippen MR) is 67.2 cm³/mol. The number of rotatable bonds is 7. The molecule has 0 atom stereocenters. The first-order valence-corrected chi connectivity index (χ1v) is 6.03. The van der Waals surface area contributed by atoms with Gasteiger partial charge >= 0.3 is 0 Å². The van der Waals surface area contributed by atoms with E-state index < -0.39 is 0 Å². The number of nitrogens with two attached hydrogens (primary N) is 1. The number of ether oxygens (including phenoxy) is 2. The van der Waals surface area contributed by atoms with Gasteiger partial charge in [0.2, 0.25) is 0 Å². The summed E-state index contributed by atoms with van der Waals surface area (Å²) in [6.07, 6.45) is 0. The van der Waals surface area contributed by atoms with E-state index in [1.807, 2.05) is 0 Å². The summed E-state index contributed by atoms with van der Waals surface area (Å²) in [5, 5.41) is 4.04. The molecule has 0 amide bonds. The highest BCUT2D eigenvalue weighted by atomic mass is 32.1. The van der Waals surface area contributed by atoms with Crippen molar-refractivity contribution < 1.29 is 9.47 Å². The molecule has 0 unspecified atom stereocenters. The summed E-state index contributed by atoms with van der Waals surface area (Å²) in [5.41, 5.74) is 5.63. The van der Waals surface area contributed by atoms with Gasteiger partial charge in [-0.1, -0.05) is 13.8 Å². The summed E-state index contributed by atoms with van der Waals surface area (Å²) in [6, 6.07) is 0. The highest BCUT2D eigenvalue weighted by Crippen LogP contribution is 2.34. The van der Waals surface area contributed by atoms with Gasteiger partial charge in [0, 0.05) is 13.2 Å². The van der Waals surface area contributed by atoms with Gasteiger partial charge in [0.1, 0.15) is 0 Å². The molecule has 1 rings (SSSR count). The van der Waals surface area contributed by atoms with Crippen LogP contribution in [-0.2, 0) is 4.74 Å². The molecule has 0 aliphatic rings. The third-order valence-corrected chi connectivity index (χ3v) is 2.66. The van der Waals surface area contributed by atoms with Crippen molar-refractivity contribution in [2.75, 3.05) is 37.9 Å². The van der Waals surface area contributed by atoms with E-state index in [2.05, 4.69) is 23.5 Å². The molecule has 6 heteroatoms. The average Bonchev–Trinajstić information content (AvgIpc) is 2.58. The van der Waals surface area contributed by atoms with Crippen molar-refractivity contribution >= 4 is 22.4 Å². The lowest BCUT2D eigenvalue weighted by Crippen LogP contribution is -2.11. The number of hydrogen-bond acceptors (Lipinski definition) is 6. The second-order valence-electron chi connectivity index (χ2n) is 3.83. The molecule has 5 nitrogen and oxygen atoms in total. The van der Waals surface area contributed by atoms with Gasteiger partial charge in [-0.3, -0.25) is 0 Å². The number of nitrogen functional groups attached to an aromatic ring is 1. The lowest BCUT2D eigenvalue weighted by molar-refractivity contribution is 0.118. The van der Waals surface area contributed by atoms with Gasteiger partial charge in [-0.15, -0.1) is 0 Å². The number of anilines is 2. The number of hydrogen-bond donors (Lipinski definition) is 2. The molecule has 0 radical (unpaired) electrons. The minimum Gasteiger partial charge on any atom is -0.490 e. The van der Waals surface area contributed by atoms with E-state index >= 15 is 0 Å². The Bertz CT molecular complexity index is 315. The number of methoxy groups -OCH3 is 1. The first-order chi connectivity index (χ1) is 7.65. The fourth-order valence-electron chi connectivity index (χ4n) is 1.16. The van der Waals surface area contributed by atoms with Crippen molar-refractivity contribution in [2.45, 2.75) is 13.8 Å². The Labute approximate surface area is 100 Å². The van der Waals surface area contributed by atoms with Crippen LogP contribution in [0.15, 0.2) is 0 Å². The summed E-state index contributed by atoms with van der Waals surface area (Å²) in [5.74, 6) is 1.61. The molecule has 1 aromatic rings. The molecule has 16 heavy (non-hydrogen) atoms. The Hall–Kier alpha value is -1.01. The Morgan fingerprint density at radius 3 is 2.88 bits per heavy atom. The highest BCUT2D eigenvalue weighted by molar-refractivity contribution is 7.11. The van der Waals surface area contributed by atoms with Crippen LogP contribution in [0.1, 0.15) is 13.8 Å². The zero-order chi connectivity index (χ0) is 12.0. The topological polar surface area (TPSA) is 69.4 Å². The predicted octanol–water partition coefficient (Wildman–Crippen LogP) is 1.82. The van der Waals surface area contributed by atoms with Crippen molar-refractivity contribution in [1.29, 1.82) is 0 Å². The van der Waals surface area contributed by atoms with Crippen LogP contribution in [0.4, 0.5) is 10.8 Å². The maximum absolute atomic E-state index is 5.63. The molecule has 0 fully saturated rings. The Morgan fingerprint density at radius 1 is 1.50 bits per heavy atom. The molecule has 0 aromatic carbocycles. The van der Waals surface area contributed by atoms with Crippen LogP contribution >= 0.6 is 11.5 Å². The summed E-state index contributed by atoms with van der Waals surface area (Å²) in [6.45, 7) is 6.42. The maximum Gasteiger partial charge on any atom is 0.197 e. The molecular weight excluding hydrogens is 226 g/mol. The van der Waals surface area contributed by atoms with E-state index in [9.17, 15) is 0 Å². The second-order valence-corrected chi connectivity index (χ2v) is 4.60. The summed E-state index contributed by atoms with van der Waals surface area (Å²) in [7, 11) is 1.58. The zero-order valence-corrected chi connectivity index (χ0v) is 10.8. The summed E-state index contributed by atoms with van der Waals surface area (Å²) >= 11 is 1.30. The van der Waals surface area contributed by atoms with Crippen molar-refractivity contribution in [2.24, 2.45) is 5.92 Å². The van der Waals surface area contributed by atoms with Gasteiger partial charge in [-0.25, -0.2) is 0 Å². The van der Waals surface area contributed by atoms with E-state index in [4.69, 9.17) is 15.2 Å². The Balaban J connectivity index is 2.26. The fraction of sp³-hybridized carbons (Fsp3) is 0.700. The fourth-order valence-corrected chi connectivity index (χ4v) is 1.87. The van der Waals surface area contributed by atoms with Gasteiger partial charge in [0.15, 0.2) is 16.6 Å². The molecule has 0 aliphatic heterocycles. The molecule has 0 bridgehead atoms. The molecule has 0 saturated carbocycles. The Morgan fingerprint density at radius 2 is 2.25 bits per heavy atom. The van der Waals surface area contributed by atoms with Crippen LogP contribution in [-0.4, -0.2) is 31.2 Å². The third kappa shape index (κ3) is 3.86. The third-order valence-electron chi connectivity index (χ3n) is 1.86. The summed E-state index contributed by atoms with van der Waals surface area (Å²) in [4.78, 5) is 0. The quantitative estimate of drug-likeness (QED) is 0.717. The van der Waals surface area contributed by atoms with Crippen molar-refractivity contribution in [1.82, 2.24) is 4.37 Å². The van der Waals surface area contributed by atoms with Crippen LogP contribution in [0.3, 0.4) is 0 Å². The van der Waals surface area contributed by atoms with Gasteiger partial charge in [0.05, 0.1) is 13.7 Å². The smallest absolute Gasteiger partial charge is 0.197 e. The molecule has 0 saturated heterocycles. The normalized spacial score (nSPS) is 10.8. The minimum atomic E-state index is 0.429. The van der Waals surface area contributed by atoms with E-state index in [0.29, 0.717) is 24.1 Å². The highest BCUT2D eigenvalue weighted by Gasteiger charge is 2.10. The monoisotopic (exact) mass is 245 g/mol. The Kier molecular flexibility index (Phi) is 5.34. The van der Waals surface area contributed by atoms with Crippen LogP contribution in [0.25, 0.3) is 0 Å². The van der Waals surface area contributed by atoms with Crippen molar-refractivity contribution in [3.05, 3.63) is 0 Å². The standard InChI is InChI=1S/C10H19N3O2S/c1-7(2)6-15-5-4-12-10-8(14-3)9(11)13-16-10/h7,12H,4-6H2,1-3H3,(H2,11,13). The van der Waals surface area contributed by atoms with Crippen LogP contribution in [0, 0.1) is 5.92 Å². The first kappa shape index (κ1) is 13.1. The van der Waals surface area contributed by atoms with E-state index in [1.54, 1.807) is 7.11 Å². The molecule has 0 aliphatic carbocycles. The van der Waals surface area contributed by atoms with Gasteiger partial charge in [0.25, 0.3) is 0 Å². The summed E-state index contributed by atoms with van der Waals surface area (Å²) < 4.78 is 14.6. The lowest BCUT2D eigenvalue weighted by Gasteiger charge is -2.08. The van der Waals surface area contributed by atoms with Crippen LogP contribution in [0.2, 0.25) is 0 Å². The number of aromatic nitrogens is 1. The molecule has 92 valence electrons. The first-order valence-electron chi connectivity index (χ1n) is 5.26. The average molecular weight is 245 g/mol. The second kappa shape index (κ2) is 6.55. The SMILES string of the molecule is COc1c(N)nsc1NCCOCC(C)C. The maximum atomic E-state index is 5.63. The van der Waals surface area contributed by atoms with Crippen molar-refractivity contribution in [3.63, 3.8) is 0 Å². The molecule has 0 spiro atoms. The minimum absolute atomic E-state index is 0.429. The molecule has 1 aromatic heterocycles. The van der Waals surface area contributed by atoms with E-state index in [-0.39, 0.29) is 0 Å². The zero-order valence-electron chi connectivity index (χ0n) is 9.95. The van der Waals surface area contributed by atoms with E-state index in [0.717, 1.165) is 18.2 Å². The number of nitrogens with one attached hydrogen (secondary N) is 1. The molecule has 1 heterocycles. The molecular formula is C10H19N3O2S. The molecule has 3 N–H and O–H groups in total. The number of nitrogens with zero attached hydrogens (tertiary/aromatic N) is 1.